The summed E-state index contributed by atoms with van der Waals surface area (Å²) in [5.41, 5.74) is -0.711. The van der Waals surface area contributed by atoms with E-state index in [1.807, 2.05) is 25.7 Å². The van der Waals surface area contributed by atoms with E-state index in [1.54, 1.807) is 0 Å². The fourth-order valence-electron chi connectivity index (χ4n) is 3.82. The predicted molar refractivity (Wildman–Crippen MR) is 106 cm³/mol. The van der Waals surface area contributed by atoms with Crippen molar-refractivity contribution in [2.24, 2.45) is 17.8 Å². The Balaban J connectivity index is 2.65. The highest BCUT2D eigenvalue weighted by molar-refractivity contribution is 5.69. The summed E-state index contributed by atoms with van der Waals surface area (Å²) in [5, 5.41) is 3.75. The van der Waals surface area contributed by atoms with Gasteiger partial charge in [-0.1, -0.05) is 27.2 Å². The lowest BCUT2D eigenvalue weighted by Crippen LogP contribution is -2.52. The van der Waals surface area contributed by atoms with Gasteiger partial charge in [0.15, 0.2) is 0 Å². The Kier molecular flexibility index (Phi) is 7.79. The molecule has 0 spiro atoms. The molecule has 1 aliphatic rings. The lowest BCUT2D eigenvalue weighted by molar-refractivity contribution is 0.00600. The first-order chi connectivity index (χ1) is 11.3. The number of rotatable bonds is 5. The van der Waals surface area contributed by atoms with Crippen LogP contribution in [-0.4, -0.2) is 41.3 Å². The first-order valence-electron chi connectivity index (χ1n) is 10.0. The lowest BCUT2D eigenvalue weighted by Gasteiger charge is -2.40. The molecule has 4 nitrogen and oxygen atoms in total. The van der Waals surface area contributed by atoms with E-state index in [4.69, 9.17) is 4.74 Å². The van der Waals surface area contributed by atoms with Crippen molar-refractivity contribution in [2.75, 3.05) is 13.1 Å². The summed E-state index contributed by atoms with van der Waals surface area (Å²) in [4.78, 5) is 14.4. The van der Waals surface area contributed by atoms with Gasteiger partial charge in [0.1, 0.15) is 5.60 Å². The second-order valence-corrected chi connectivity index (χ2v) is 10.2. The van der Waals surface area contributed by atoms with E-state index in [9.17, 15) is 4.79 Å². The number of nitrogens with one attached hydrogen (secondary N) is 1. The molecule has 1 saturated carbocycles. The van der Waals surface area contributed by atoms with Crippen molar-refractivity contribution in [3.8, 4) is 0 Å². The summed E-state index contributed by atoms with van der Waals surface area (Å²) in [6.07, 6.45) is 3.67. The minimum Gasteiger partial charge on any atom is -0.444 e. The zero-order chi connectivity index (χ0) is 19.4. The number of hydrogen-bond acceptors (Lipinski definition) is 3. The highest BCUT2D eigenvalue weighted by atomic mass is 16.6. The Morgan fingerprint density at radius 1 is 1.16 bits per heavy atom. The molecular formula is C21H42N2O2. The predicted octanol–water partition coefficient (Wildman–Crippen LogP) is 5.07. The van der Waals surface area contributed by atoms with Gasteiger partial charge in [0.25, 0.3) is 0 Å². The second-order valence-electron chi connectivity index (χ2n) is 10.2. The lowest BCUT2D eigenvalue weighted by atomic mass is 9.74. The van der Waals surface area contributed by atoms with Gasteiger partial charge in [-0.15, -0.1) is 0 Å². The summed E-state index contributed by atoms with van der Waals surface area (Å²) in [6.45, 7) is 20.5. The van der Waals surface area contributed by atoms with Gasteiger partial charge in [-0.2, -0.15) is 0 Å². The fraction of sp³-hybridized carbons (Fsp3) is 0.952. The standard InChI is InChI=1S/C21H42N2O2/c1-15(2)17-11-10-16(3)14-18(17)22-12-13-23(20(4,5)6)19(24)25-21(7,8)9/h15-18,22H,10-14H2,1-9H3. The van der Waals surface area contributed by atoms with Gasteiger partial charge in [-0.25, -0.2) is 4.79 Å². The van der Waals surface area contributed by atoms with Gasteiger partial charge in [0.05, 0.1) is 0 Å². The molecule has 3 atom stereocenters. The van der Waals surface area contributed by atoms with Crippen LogP contribution in [0.2, 0.25) is 0 Å². The summed E-state index contributed by atoms with van der Waals surface area (Å²) in [7, 11) is 0. The van der Waals surface area contributed by atoms with Gasteiger partial charge < -0.3 is 15.0 Å². The Bertz CT molecular complexity index is 421. The minimum atomic E-state index is -0.463. The maximum Gasteiger partial charge on any atom is 0.410 e. The third-order valence-corrected chi connectivity index (χ3v) is 5.19. The van der Waals surface area contributed by atoms with Crippen molar-refractivity contribution in [1.82, 2.24) is 10.2 Å². The SMILES string of the molecule is CC1CCC(C(C)C)C(NCCN(C(=O)OC(C)(C)C)C(C)(C)C)C1. The van der Waals surface area contributed by atoms with E-state index in [1.165, 1.54) is 19.3 Å². The van der Waals surface area contributed by atoms with Crippen molar-refractivity contribution in [2.45, 2.75) is 98.8 Å². The van der Waals surface area contributed by atoms with Crippen LogP contribution in [0.25, 0.3) is 0 Å². The molecular weight excluding hydrogens is 312 g/mol. The van der Waals surface area contributed by atoms with E-state index in [0.717, 1.165) is 18.4 Å². The largest absolute Gasteiger partial charge is 0.444 e. The molecule has 1 fully saturated rings. The first kappa shape index (κ1) is 22.3. The number of amides is 1. The van der Waals surface area contributed by atoms with Gasteiger partial charge >= 0.3 is 6.09 Å². The molecule has 1 amide bonds. The minimum absolute atomic E-state index is 0.223. The highest BCUT2D eigenvalue weighted by Gasteiger charge is 2.32. The maximum absolute atomic E-state index is 12.6. The molecule has 0 bridgehead atoms. The fourth-order valence-corrected chi connectivity index (χ4v) is 3.82. The third-order valence-electron chi connectivity index (χ3n) is 5.19. The molecule has 0 heterocycles. The van der Waals surface area contributed by atoms with Crippen LogP contribution >= 0.6 is 0 Å². The van der Waals surface area contributed by atoms with Gasteiger partial charge in [-0.3, -0.25) is 0 Å². The molecule has 0 saturated heterocycles. The zero-order valence-corrected chi connectivity index (χ0v) is 18.1. The van der Waals surface area contributed by atoms with Gasteiger partial charge in [0.2, 0.25) is 0 Å². The van der Waals surface area contributed by atoms with Crippen molar-refractivity contribution in [3.63, 3.8) is 0 Å². The molecule has 0 aromatic carbocycles. The average Bonchev–Trinajstić information content (AvgIpc) is 2.39. The number of carbonyl (C=O) groups is 1. The molecule has 0 aromatic rings. The molecule has 3 unspecified atom stereocenters. The third kappa shape index (κ3) is 7.55. The van der Waals surface area contributed by atoms with Crippen molar-refractivity contribution in [3.05, 3.63) is 0 Å². The van der Waals surface area contributed by atoms with Crippen molar-refractivity contribution >= 4 is 6.09 Å². The number of hydrogen-bond donors (Lipinski definition) is 1. The van der Waals surface area contributed by atoms with Crippen LogP contribution in [0.4, 0.5) is 4.79 Å². The highest BCUT2D eigenvalue weighted by Crippen LogP contribution is 2.33. The summed E-state index contributed by atoms with van der Waals surface area (Å²) < 4.78 is 5.60. The smallest absolute Gasteiger partial charge is 0.410 e. The molecule has 1 N–H and O–H groups in total. The van der Waals surface area contributed by atoms with Crippen molar-refractivity contribution < 1.29 is 9.53 Å². The molecule has 4 heteroatoms. The van der Waals surface area contributed by atoms with Crippen LogP contribution in [0.3, 0.4) is 0 Å². The van der Waals surface area contributed by atoms with Crippen LogP contribution in [0, 0.1) is 17.8 Å². The van der Waals surface area contributed by atoms with Crippen LogP contribution in [-0.2, 0) is 4.74 Å². The van der Waals surface area contributed by atoms with E-state index in [0.29, 0.717) is 18.5 Å². The van der Waals surface area contributed by atoms with Crippen LogP contribution in [0.5, 0.6) is 0 Å². The molecule has 1 rings (SSSR count). The molecule has 25 heavy (non-hydrogen) atoms. The normalized spacial score (nSPS) is 25.1. The van der Waals surface area contributed by atoms with E-state index in [2.05, 4.69) is 46.9 Å². The first-order valence-corrected chi connectivity index (χ1v) is 10.0. The topological polar surface area (TPSA) is 41.6 Å². The summed E-state index contributed by atoms with van der Waals surface area (Å²) >= 11 is 0. The molecule has 0 aliphatic heterocycles. The summed E-state index contributed by atoms with van der Waals surface area (Å²) in [5.74, 6) is 2.23. The van der Waals surface area contributed by atoms with Crippen molar-refractivity contribution in [1.29, 1.82) is 0 Å². The average molecular weight is 355 g/mol. The quantitative estimate of drug-likeness (QED) is 0.749. The number of carbonyl (C=O) groups excluding carboxylic acids is 1. The molecule has 0 radical (unpaired) electrons. The van der Waals surface area contributed by atoms with Crippen LogP contribution in [0.15, 0.2) is 0 Å². The van der Waals surface area contributed by atoms with E-state index < -0.39 is 5.60 Å². The Labute approximate surface area is 156 Å². The monoisotopic (exact) mass is 354 g/mol. The maximum atomic E-state index is 12.6. The Hall–Kier alpha value is -0.770. The van der Waals surface area contributed by atoms with Crippen LogP contribution in [0.1, 0.15) is 81.6 Å². The van der Waals surface area contributed by atoms with E-state index >= 15 is 0 Å². The number of ether oxygens (including phenoxy) is 1. The number of nitrogens with zero attached hydrogens (tertiary/aromatic N) is 1. The van der Waals surface area contributed by atoms with Gasteiger partial charge in [0, 0.05) is 24.7 Å². The molecule has 148 valence electrons. The molecule has 0 aromatic heterocycles. The Morgan fingerprint density at radius 3 is 2.24 bits per heavy atom. The second kappa shape index (κ2) is 8.75. The Morgan fingerprint density at radius 2 is 1.76 bits per heavy atom. The van der Waals surface area contributed by atoms with Crippen LogP contribution < -0.4 is 5.32 Å². The zero-order valence-electron chi connectivity index (χ0n) is 18.1. The summed E-state index contributed by atoms with van der Waals surface area (Å²) in [6, 6.07) is 0.559. The van der Waals surface area contributed by atoms with Gasteiger partial charge in [-0.05, 0) is 72.1 Å². The molecule has 1 aliphatic carbocycles. The van der Waals surface area contributed by atoms with E-state index in [-0.39, 0.29) is 11.6 Å².